The molecule has 0 radical (unpaired) electrons. The van der Waals surface area contributed by atoms with E-state index in [4.69, 9.17) is 10.2 Å². The molecule has 0 bridgehead atoms. The van der Waals surface area contributed by atoms with Crippen molar-refractivity contribution >= 4 is 5.69 Å². The first-order chi connectivity index (χ1) is 8.72. The van der Waals surface area contributed by atoms with Gasteiger partial charge in [0.05, 0.1) is 12.3 Å². The molecule has 1 aromatic carbocycles. The molecule has 0 spiro atoms. The molecule has 0 aliphatic rings. The third-order valence-electron chi connectivity index (χ3n) is 3.16. The number of benzene rings is 1. The summed E-state index contributed by atoms with van der Waals surface area (Å²) in [6.07, 6.45) is 1.67. The molecule has 96 valence electrons. The summed E-state index contributed by atoms with van der Waals surface area (Å²) >= 11 is 0. The van der Waals surface area contributed by atoms with E-state index < -0.39 is 0 Å². The Morgan fingerprint density at radius 2 is 2.00 bits per heavy atom. The van der Waals surface area contributed by atoms with Crippen molar-refractivity contribution in [1.82, 2.24) is 0 Å². The van der Waals surface area contributed by atoms with Crippen molar-refractivity contribution in [2.45, 2.75) is 19.9 Å². The van der Waals surface area contributed by atoms with Gasteiger partial charge in [0.2, 0.25) is 0 Å². The summed E-state index contributed by atoms with van der Waals surface area (Å²) in [7, 11) is 0. The fraction of sp³-hybridized carbons (Fsp3) is 0.333. The van der Waals surface area contributed by atoms with E-state index in [0.717, 1.165) is 18.8 Å². The maximum Gasteiger partial charge on any atom is 0.122 e. The largest absolute Gasteiger partial charge is 0.468 e. The molecule has 0 aliphatic heterocycles. The molecule has 3 nitrogen and oxygen atoms in total. The van der Waals surface area contributed by atoms with Crippen LogP contribution in [0.2, 0.25) is 0 Å². The van der Waals surface area contributed by atoms with Crippen LogP contribution in [0.5, 0.6) is 0 Å². The minimum Gasteiger partial charge on any atom is -0.468 e. The number of aryl methyl sites for hydroxylation is 1. The number of likely N-dealkylation sites (N-methyl/N-ethyl adjacent to an activating group) is 1. The van der Waals surface area contributed by atoms with Gasteiger partial charge in [0.15, 0.2) is 0 Å². The van der Waals surface area contributed by atoms with Crippen LogP contribution in [-0.4, -0.2) is 13.1 Å². The molecule has 18 heavy (non-hydrogen) atoms. The fourth-order valence-electron chi connectivity index (χ4n) is 2.15. The predicted molar refractivity (Wildman–Crippen MR) is 74.7 cm³/mol. The maximum absolute atomic E-state index is 6.17. The van der Waals surface area contributed by atoms with Gasteiger partial charge < -0.3 is 15.1 Å². The van der Waals surface area contributed by atoms with Crippen molar-refractivity contribution in [2.24, 2.45) is 5.73 Å². The molecule has 1 heterocycles. The highest BCUT2D eigenvalue weighted by molar-refractivity contribution is 5.53. The molecule has 0 saturated heterocycles. The first-order valence-electron chi connectivity index (χ1n) is 6.32. The van der Waals surface area contributed by atoms with Crippen molar-refractivity contribution in [3.8, 4) is 0 Å². The van der Waals surface area contributed by atoms with Gasteiger partial charge >= 0.3 is 0 Å². The van der Waals surface area contributed by atoms with Gasteiger partial charge in [-0.05, 0) is 37.6 Å². The number of hydrogen-bond acceptors (Lipinski definition) is 3. The molecule has 0 aliphatic carbocycles. The van der Waals surface area contributed by atoms with Gasteiger partial charge in [-0.2, -0.15) is 0 Å². The summed E-state index contributed by atoms with van der Waals surface area (Å²) in [4.78, 5) is 2.28. The lowest BCUT2D eigenvalue weighted by atomic mass is 10.1. The Balaban J connectivity index is 2.13. The fourth-order valence-corrected chi connectivity index (χ4v) is 2.15. The highest BCUT2D eigenvalue weighted by Crippen LogP contribution is 2.22. The van der Waals surface area contributed by atoms with Crippen LogP contribution in [0.1, 0.15) is 24.3 Å². The summed E-state index contributed by atoms with van der Waals surface area (Å²) in [6.45, 7) is 5.95. The van der Waals surface area contributed by atoms with Crippen molar-refractivity contribution in [2.75, 3.05) is 18.0 Å². The van der Waals surface area contributed by atoms with Gasteiger partial charge in [0.25, 0.3) is 0 Å². The van der Waals surface area contributed by atoms with E-state index in [-0.39, 0.29) is 6.04 Å². The molecular weight excluding hydrogens is 224 g/mol. The van der Waals surface area contributed by atoms with Crippen LogP contribution in [0, 0.1) is 6.92 Å². The van der Waals surface area contributed by atoms with Crippen molar-refractivity contribution < 1.29 is 4.42 Å². The number of nitrogens with two attached hydrogens (primary N) is 1. The van der Waals surface area contributed by atoms with E-state index in [2.05, 4.69) is 43.0 Å². The summed E-state index contributed by atoms with van der Waals surface area (Å²) in [6, 6.07) is 12.1. The third-order valence-corrected chi connectivity index (χ3v) is 3.16. The summed E-state index contributed by atoms with van der Waals surface area (Å²) in [5, 5.41) is 0. The quantitative estimate of drug-likeness (QED) is 0.878. The second-order valence-corrected chi connectivity index (χ2v) is 4.45. The standard InChI is InChI=1S/C15H20N2O/c1-3-17(14-8-5-4-7-12(14)2)11-13(16)15-9-6-10-18-15/h4-10,13H,3,11,16H2,1-2H3. The SMILES string of the molecule is CCN(CC(N)c1ccco1)c1ccccc1C. The van der Waals surface area contributed by atoms with Crippen molar-refractivity contribution in [3.05, 3.63) is 54.0 Å². The van der Waals surface area contributed by atoms with Gasteiger partial charge in [0, 0.05) is 18.8 Å². The maximum atomic E-state index is 6.17. The molecule has 2 aromatic rings. The Morgan fingerprint density at radius 1 is 1.22 bits per heavy atom. The van der Waals surface area contributed by atoms with Gasteiger partial charge in [-0.1, -0.05) is 18.2 Å². The monoisotopic (exact) mass is 244 g/mol. The number of rotatable bonds is 5. The number of nitrogens with zero attached hydrogens (tertiary/aromatic N) is 1. The number of furan rings is 1. The van der Waals surface area contributed by atoms with Crippen LogP contribution in [-0.2, 0) is 0 Å². The third kappa shape index (κ3) is 2.74. The topological polar surface area (TPSA) is 42.4 Å². The van der Waals surface area contributed by atoms with Crippen molar-refractivity contribution in [3.63, 3.8) is 0 Å². The second kappa shape index (κ2) is 5.74. The smallest absolute Gasteiger partial charge is 0.122 e. The first-order valence-corrected chi connectivity index (χ1v) is 6.32. The Kier molecular flexibility index (Phi) is 4.05. The van der Waals surface area contributed by atoms with E-state index in [1.54, 1.807) is 6.26 Å². The number of para-hydroxylation sites is 1. The lowest BCUT2D eigenvalue weighted by molar-refractivity contribution is 0.464. The Bertz CT molecular complexity index is 479. The Morgan fingerprint density at radius 3 is 2.61 bits per heavy atom. The van der Waals surface area contributed by atoms with Crippen LogP contribution < -0.4 is 10.6 Å². The number of anilines is 1. The number of hydrogen-bond donors (Lipinski definition) is 1. The Hall–Kier alpha value is -1.74. The average molecular weight is 244 g/mol. The van der Waals surface area contributed by atoms with Gasteiger partial charge in [0.1, 0.15) is 5.76 Å². The van der Waals surface area contributed by atoms with Crippen LogP contribution in [0.4, 0.5) is 5.69 Å². The zero-order valence-corrected chi connectivity index (χ0v) is 11.0. The molecule has 3 heteroatoms. The van der Waals surface area contributed by atoms with E-state index in [0.29, 0.717) is 0 Å². The second-order valence-electron chi connectivity index (χ2n) is 4.45. The zero-order chi connectivity index (χ0) is 13.0. The molecule has 2 rings (SSSR count). The van der Waals surface area contributed by atoms with Crippen LogP contribution >= 0.6 is 0 Å². The minimum atomic E-state index is -0.0976. The van der Waals surface area contributed by atoms with E-state index in [9.17, 15) is 0 Å². The lowest BCUT2D eigenvalue weighted by Gasteiger charge is -2.27. The van der Waals surface area contributed by atoms with E-state index in [1.165, 1.54) is 11.3 Å². The summed E-state index contributed by atoms with van der Waals surface area (Å²) in [5.74, 6) is 0.835. The zero-order valence-electron chi connectivity index (χ0n) is 11.0. The van der Waals surface area contributed by atoms with Crippen LogP contribution in [0.3, 0.4) is 0 Å². The molecule has 2 N–H and O–H groups in total. The molecule has 1 unspecified atom stereocenters. The molecule has 1 atom stereocenters. The molecular formula is C15H20N2O. The molecule has 0 saturated carbocycles. The first kappa shape index (κ1) is 12.7. The van der Waals surface area contributed by atoms with Crippen LogP contribution in [0.15, 0.2) is 47.1 Å². The molecule has 1 aromatic heterocycles. The minimum absolute atomic E-state index is 0.0976. The highest BCUT2D eigenvalue weighted by Gasteiger charge is 2.14. The van der Waals surface area contributed by atoms with E-state index >= 15 is 0 Å². The summed E-state index contributed by atoms with van der Waals surface area (Å²) < 4.78 is 5.36. The summed E-state index contributed by atoms with van der Waals surface area (Å²) in [5.41, 5.74) is 8.68. The van der Waals surface area contributed by atoms with Gasteiger partial charge in [-0.3, -0.25) is 0 Å². The normalized spacial score (nSPS) is 12.4. The average Bonchev–Trinajstić information content (AvgIpc) is 2.90. The van der Waals surface area contributed by atoms with E-state index in [1.807, 2.05) is 12.1 Å². The molecule has 0 amide bonds. The Labute approximate surface area is 108 Å². The van der Waals surface area contributed by atoms with Gasteiger partial charge in [-0.15, -0.1) is 0 Å². The molecule has 0 fully saturated rings. The predicted octanol–water partition coefficient (Wildman–Crippen LogP) is 3.11. The van der Waals surface area contributed by atoms with Gasteiger partial charge in [-0.25, -0.2) is 0 Å². The highest BCUT2D eigenvalue weighted by atomic mass is 16.3. The van der Waals surface area contributed by atoms with Crippen LogP contribution in [0.25, 0.3) is 0 Å². The van der Waals surface area contributed by atoms with Crippen molar-refractivity contribution in [1.29, 1.82) is 0 Å². The lowest BCUT2D eigenvalue weighted by Crippen LogP contribution is -2.32.